The van der Waals surface area contributed by atoms with Gasteiger partial charge < -0.3 is 15.6 Å². The number of anilines is 2. The van der Waals surface area contributed by atoms with Crippen molar-refractivity contribution < 1.29 is 4.79 Å². The van der Waals surface area contributed by atoms with Gasteiger partial charge in [-0.15, -0.1) is 0 Å². The maximum atomic E-state index is 11.7. The van der Waals surface area contributed by atoms with Crippen LogP contribution in [0, 0.1) is 0 Å². The van der Waals surface area contributed by atoms with E-state index in [0.29, 0.717) is 18.1 Å². The lowest BCUT2D eigenvalue weighted by atomic mass is 10.00. The topological polar surface area (TPSA) is 117 Å². The Morgan fingerprint density at radius 1 is 1.06 bits per heavy atom. The first kappa shape index (κ1) is 20.4. The van der Waals surface area contributed by atoms with Crippen molar-refractivity contribution in [2.75, 3.05) is 11.1 Å². The Kier molecular flexibility index (Phi) is 5.06. The number of carbonyl (C=O) groups excluding carboxylic acids is 1. The Hall–Kier alpha value is -4.53. The molecule has 0 saturated carbocycles. The molecule has 9 nitrogen and oxygen atoms in total. The second kappa shape index (κ2) is 8.19. The molecule has 1 amide bonds. The quantitative estimate of drug-likeness (QED) is 0.431. The predicted octanol–water partition coefficient (Wildman–Crippen LogP) is 3.81. The molecule has 0 saturated heterocycles. The predicted molar refractivity (Wildman–Crippen MR) is 128 cm³/mol. The number of nitrogens with two attached hydrogens (primary N) is 1. The van der Waals surface area contributed by atoms with Crippen LogP contribution in [0.2, 0.25) is 0 Å². The number of nitrogens with one attached hydrogen (secondary N) is 1. The standard InChI is InChI=1S/C24H22N8O/c1-3-19(33)30-17-8-5-15(6-9-17)22-20(21-23(25)27-14-28-24(21)31(22)2)16-7-10-18(26-13-16)32-12-4-11-29-32/h4-14H,3H2,1-2H3,(H,30,33)(H2,25,27,28). The van der Waals surface area contributed by atoms with Crippen molar-refractivity contribution in [3.8, 4) is 28.2 Å². The van der Waals surface area contributed by atoms with Crippen molar-refractivity contribution in [3.05, 3.63) is 67.4 Å². The lowest BCUT2D eigenvalue weighted by molar-refractivity contribution is -0.115. The number of fused-ring (bicyclic) bond motifs is 1. The maximum absolute atomic E-state index is 11.7. The fraction of sp³-hybridized carbons (Fsp3) is 0.125. The van der Waals surface area contributed by atoms with Gasteiger partial charge in [-0.1, -0.05) is 19.1 Å². The summed E-state index contributed by atoms with van der Waals surface area (Å²) in [6, 6.07) is 13.5. The van der Waals surface area contributed by atoms with Gasteiger partial charge >= 0.3 is 0 Å². The lowest BCUT2D eigenvalue weighted by Crippen LogP contribution is -2.09. The zero-order valence-corrected chi connectivity index (χ0v) is 18.2. The smallest absolute Gasteiger partial charge is 0.224 e. The number of aryl methyl sites for hydroxylation is 1. The Morgan fingerprint density at radius 3 is 2.52 bits per heavy atom. The summed E-state index contributed by atoms with van der Waals surface area (Å²) in [5.74, 6) is 1.09. The number of amides is 1. The van der Waals surface area contributed by atoms with E-state index in [1.165, 1.54) is 6.33 Å². The van der Waals surface area contributed by atoms with Crippen LogP contribution in [0.5, 0.6) is 0 Å². The largest absolute Gasteiger partial charge is 0.383 e. The van der Waals surface area contributed by atoms with Crippen LogP contribution in [0.25, 0.3) is 39.2 Å². The summed E-state index contributed by atoms with van der Waals surface area (Å²) in [5.41, 5.74) is 11.5. The van der Waals surface area contributed by atoms with Gasteiger partial charge in [0.05, 0.1) is 11.1 Å². The third-order valence-electron chi connectivity index (χ3n) is 5.54. The number of hydrogen-bond acceptors (Lipinski definition) is 6. The summed E-state index contributed by atoms with van der Waals surface area (Å²) in [5, 5.41) is 7.89. The molecule has 4 aromatic heterocycles. The van der Waals surface area contributed by atoms with Gasteiger partial charge in [0.15, 0.2) is 5.82 Å². The molecular formula is C24H22N8O. The van der Waals surface area contributed by atoms with Gasteiger partial charge in [-0.2, -0.15) is 5.10 Å². The summed E-state index contributed by atoms with van der Waals surface area (Å²) >= 11 is 0. The molecule has 0 spiro atoms. The minimum atomic E-state index is -0.0283. The van der Waals surface area contributed by atoms with E-state index < -0.39 is 0 Å². The SMILES string of the molecule is CCC(=O)Nc1ccc(-c2c(-c3ccc(-n4cccn4)nc3)c3c(N)ncnc3n2C)cc1. The first-order valence-corrected chi connectivity index (χ1v) is 10.5. The average molecular weight is 438 g/mol. The second-order valence-electron chi connectivity index (χ2n) is 7.57. The van der Waals surface area contributed by atoms with E-state index in [2.05, 4.69) is 25.4 Å². The molecule has 0 aliphatic carbocycles. The molecule has 164 valence electrons. The Labute approximate surface area is 189 Å². The highest BCUT2D eigenvalue weighted by atomic mass is 16.1. The third-order valence-corrected chi connectivity index (χ3v) is 5.54. The van der Waals surface area contributed by atoms with Crippen molar-refractivity contribution in [1.29, 1.82) is 0 Å². The van der Waals surface area contributed by atoms with Gasteiger partial charge in [-0.25, -0.2) is 19.6 Å². The number of hydrogen-bond donors (Lipinski definition) is 2. The van der Waals surface area contributed by atoms with Crippen LogP contribution >= 0.6 is 0 Å². The summed E-state index contributed by atoms with van der Waals surface area (Å²) in [6.07, 6.45) is 7.25. The average Bonchev–Trinajstić information content (AvgIpc) is 3.47. The molecule has 4 heterocycles. The maximum Gasteiger partial charge on any atom is 0.224 e. The van der Waals surface area contributed by atoms with Gasteiger partial charge in [0.25, 0.3) is 0 Å². The molecule has 33 heavy (non-hydrogen) atoms. The molecule has 9 heteroatoms. The van der Waals surface area contributed by atoms with E-state index in [9.17, 15) is 4.79 Å². The molecule has 0 radical (unpaired) electrons. The molecular weight excluding hydrogens is 416 g/mol. The molecule has 0 aliphatic heterocycles. The number of carbonyl (C=O) groups is 1. The summed E-state index contributed by atoms with van der Waals surface area (Å²) in [6.45, 7) is 1.82. The van der Waals surface area contributed by atoms with Crippen LogP contribution in [0.3, 0.4) is 0 Å². The summed E-state index contributed by atoms with van der Waals surface area (Å²) in [4.78, 5) is 25.0. The number of benzene rings is 1. The van der Waals surface area contributed by atoms with Gasteiger partial charge in [0, 0.05) is 48.9 Å². The molecule has 5 rings (SSSR count). The lowest BCUT2D eigenvalue weighted by Gasteiger charge is -2.11. The fourth-order valence-corrected chi connectivity index (χ4v) is 3.93. The van der Waals surface area contributed by atoms with E-state index in [-0.39, 0.29) is 5.91 Å². The van der Waals surface area contributed by atoms with Crippen molar-refractivity contribution >= 4 is 28.4 Å². The number of nitrogen functional groups attached to an aromatic ring is 1. The molecule has 0 unspecified atom stereocenters. The van der Waals surface area contributed by atoms with E-state index in [1.807, 2.05) is 67.2 Å². The Balaban J connectivity index is 1.67. The number of nitrogens with zero attached hydrogens (tertiary/aromatic N) is 6. The molecule has 0 aliphatic rings. The zero-order valence-electron chi connectivity index (χ0n) is 18.2. The number of aromatic nitrogens is 6. The van der Waals surface area contributed by atoms with Gasteiger partial charge in [-0.05, 0) is 35.9 Å². The minimum absolute atomic E-state index is 0.0283. The molecule has 3 N–H and O–H groups in total. The molecule has 0 fully saturated rings. The van der Waals surface area contributed by atoms with Crippen molar-refractivity contribution in [3.63, 3.8) is 0 Å². The van der Waals surface area contributed by atoms with E-state index in [1.54, 1.807) is 17.1 Å². The number of pyridine rings is 1. The third kappa shape index (κ3) is 3.59. The van der Waals surface area contributed by atoms with Crippen LogP contribution in [-0.4, -0.2) is 35.2 Å². The highest BCUT2D eigenvalue weighted by Crippen LogP contribution is 2.41. The zero-order chi connectivity index (χ0) is 22.9. The Morgan fingerprint density at radius 2 is 1.85 bits per heavy atom. The van der Waals surface area contributed by atoms with Crippen LogP contribution in [0.4, 0.5) is 11.5 Å². The van der Waals surface area contributed by atoms with E-state index >= 15 is 0 Å². The second-order valence-corrected chi connectivity index (χ2v) is 7.57. The highest BCUT2D eigenvalue weighted by Gasteiger charge is 2.22. The highest BCUT2D eigenvalue weighted by molar-refractivity contribution is 6.07. The minimum Gasteiger partial charge on any atom is -0.383 e. The van der Waals surface area contributed by atoms with Crippen LogP contribution in [0.15, 0.2) is 67.4 Å². The van der Waals surface area contributed by atoms with E-state index in [4.69, 9.17) is 5.73 Å². The first-order chi connectivity index (χ1) is 16.1. The number of rotatable bonds is 5. The van der Waals surface area contributed by atoms with Crippen LogP contribution in [0.1, 0.15) is 13.3 Å². The molecule has 0 bridgehead atoms. The van der Waals surface area contributed by atoms with Gasteiger partial charge in [0.1, 0.15) is 17.8 Å². The monoisotopic (exact) mass is 438 g/mol. The summed E-state index contributed by atoms with van der Waals surface area (Å²) < 4.78 is 3.71. The van der Waals surface area contributed by atoms with Crippen molar-refractivity contribution in [2.24, 2.45) is 7.05 Å². The normalized spacial score (nSPS) is 11.1. The van der Waals surface area contributed by atoms with Crippen LogP contribution in [-0.2, 0) is 11.8 Å². The van der Waals surface area contributed by atoms with Gasteiger partial charge in [-0.3, -0.25) is 4.79 Å². The summed E-state index contributed by atoms with van der Waals surface area (Å²) in [7, 11) is 1.95. The van der Waals surface area contributed by atoms with Crippen molar-refractivity contribution in [2.45, 2.75) is 13.3 Å². The van der Waals surface area contributed by atoms with Crippen molar-refractivity contribution in [1.82, 2.24) is 29.3 Å². The Bertz CT molecular complexity index is 1440. The molecule has 1 aromatic carbocycles. The first-order valence-electron chi connectivity index (χ1n) is 10.5. The molecule has 5 aromatic rings. The van der Waals surface area contributed by atoms with Crippen LogP contribution < -0.4 is 11.1 Å². The molecule has 0 atom stereocenters. The fourth-order valence-electron chi connectivity index (χ4n) is 3.93. The van der Waals surface area contributed by atoms with E-state index in [0.717, 1.165) is 39.1 Å². The van der Waals surface area contributed by atoms with Gasteiger partial charge in [0.2, 0.25) is 5.91 Å².